The third kappa shape index (κ3) is 4.42. The summed E-state index contributed by atoms with van der Waals surface area (Å²) in [4.78, 5) is 19.4. The number of hydrogen-bond acceptors (Lipinski definition) is 5. The Morgan fingerprint density at radius 2 is 2.12 bits per heavy atom. The molecule has 8 heteroatoms. The smallest absolute Gasteiger partial charge is 0.256 e. The van der Waals surface area contributed by atoms with E-state index >= 15 is 0 Å². The van der Waals surface area contributed by atoms with Crippen LogP contribution < -0.4 is 5.73 Å². The molecular weight excluding hydrogens is 409 g/mol. The summed E-state index contributed by atoms with van der Waals surface area (Å²) >= 11 is 0. The van der Waals surface area contributed by atoms with E-state index in [0.29, 0.717) is 31.7 Å². The number of hydrogen-bond donors (Lipinski definition) is 1. The van der Waals surface area contributed by atoms with Crippen LogP contribution in [-0.2, 0) is 31.4 Å². The zero-order valence-corrected chi connectivity index (χ0v) is 18.4. The van der Waals surface area contributed by atoms with Crippen molar-refractivity contribution in [2.75, 3.05) is 13.2 Å². The van der Waals surface area contributed by atoms with Gasteiger partial charge in [-0.2, -0.15) is 5.10 Å². The Balaban J connectivity index is 1.57. The Hall–Kier alpha value is -3.10. The van der Waals surface area contributed by atoms with E-state index in [-0.39, 0.29) is 24.3 Å². The highest BCUT2D eigenvalue weighted by molar-refractivity contribution is 5.98. The van der Waals surface area contributed by atoms with Crippen LogP contribution >= 0.6 is 0 Å². The van der Waals surface area contributed by atoms with Crippen LogP contribution in [0.4, 0.5) is 4.39 Å². The number of carbonyl (C=O) groups is 1. The van der Waals surface area contributed by atoms with E-state index in [4.69, 9.17) is 10.5 Å². The van der Waals surface area contributed by atoms with E-state index in [9.17, 15) is 9.18 Å². The predicted octanol–water partition coefficient (Wildman–Crippen LogP) is 3.07. The number of nitrogens with two attached hydrogens (primary N) is 1. The standard InChI is InChI=1S/C24H28FN5O2/c1-3-7-32-15-18-12-28-29(2)23(18)22-10-17-14-30(24(31)21(17)13-27-22)20(11-26)9-16-5-4-6-19(25)8-16/h4-6,8,10,12-13,20H,3,7,9,11,14-15,26H2,1-2H3/t20-/m0/s1. The summed E-state index contributed by atoms with van der Waals surface area (Å²) in [6, 6.07) is 8.14. The van der Waals surface area contributed by atoms with Crippen LogP contribution in [0.5, 0.6) is 0 Å². The zero-order valence-electron chi connectivity index (χ0n) is 18.4. The Labute approximate surface area is 187 Å². The number of rotatable bonds is 9. The number of amides is 1. The third-order valence-corrected chi connectivity index (χ3v) is 5.76. The molecule has 168 valence electrons. The van der Waals surface area contributed by atoms with Crippen molar-refractivity contribution in [3.05, 3.63) is 70.8 Å². The molecule has 0 saturated heterocycles. The first-order valence-electron chi connectivity index (χ1n) is 10.8. The van der Waals surface area contributed by atoms with Gasteiger partial charge in [-0.15, -0.1) is 0 Å². The highest BCUT2D eigenvalue weighted by Crippen LogP contribution is 2.30. The van der Waals surface area contributed by atoms with Gasteiger partial charge in [0.05, 0.1) is 29.8 Å². The second-order valence-corrected chi connectivity index (χ2v) is 8.08. The molecule has 7 nitrogen and oxygen atoms in total. The van der Waals surface area contributed by atoms with Gasteiger partial charge >= 0.3 is 0 Å². The van der Waals surface area contributed by atoms with E-state index in [2.05, 4.69) is 17.0 Å². The number of pyridine rings is 1. The SMILES string of the molecule is CCCOCc1cnn(C)c1-c1cc2c(cn1)C(=O)N([C@H](CN)Cc1cccc(F)c1)C2. The van der Waals surface area contributed by atoms with Crippen molar-refractivity contribution < 1.29 is 13.9 Å². The normalized spacial score (nSPS) is 14.1. The molecule has 0 bridgehead atoms. The molecule has 1 amide bonds. The van der Waals surface area contributed by atoms with Gasteiger partial charge in [-0.25, -0.2) is 4.39 Å². The molecule has 4 rings (SSSR count). The van der Waals surface area contributed by atoms with Crippen molar-refractivity contribution in [1.82, 2.24) is 19.7 Å². The fraction of sp³-hybridized carbons (Fsp3) is 0.375. The van der Waals surface area contributed by atoms with E-state index < -0.39 is 0 Å². The minimum atomic E-state index is -0.293. The monoisotopic (exact) mass is 437 g/mol. The van der Waals surface area contributed by atoms with Crippen LogP contribution in [0.1, 0.15) is 40.4 Å². The summed E-state index contributed by atoms with van der Waals surface area (Å²) in [6.45, 7) is 3.94. The van der Waals surface area contributed by atoms with E-state index in [0.717, 1.165) is 34.5 Å². The summed E-state index contributed by atoms with van der Waals surface area (Å²) in [5, 5.41) is 4.36. The summed E-state index contributed by atoms with van der Waals surface area (Å²) in [5.74, 6) is -0.388. The molecule has 1 aliphatic heterocycles. The number of nitrogens with zero attached hydrogens (tertiary/aromatic N) is 4. The quantitative estimate of drug-likeness (QED) is 0.520. The third-order valence-electron chi connectivity index (χ3n) is 5.76. The maximum absolute atomic E-state index is 13.6. The number of fused-ring (bicyclic) bond motifs is 1. The average Bonchev–Trinajstić information content (AvgIpc) is 3.31. The molecule has 1 atom stereocenters. The van der Waals surface area contributed by atoms with Gasteiger partial charge in [0.2, 0.25) is 0 Å². The highest BCUT2D eigenvalue weighted by atomic mass is 19.1. The van der Waals surface area contributed by atoms with Crippen LogP contribution in [0.15, 0.2) is 42.7 Å². The van der Waals surface area contributed by atoms with E-state index in [1.54, 1.807) is 28.0 Å². The van der Waals surface area contributed by atoms with Crippen molar-refractivity contribution in [3.63, 3.8) is 0 Å². The lowest BCUT2D eigenvalue weighted by atomic mass is 10.0. The molecule has 1 aromatic carbocycles. The first-order valence-corrected chi connectivity index (χ1v) is 10.8. The molecule has 2 N–H and O–H groups in total. The molecule has 2 aromatic heterocycles. The number of aryl methyl sites for hydroxylation is 1. The maximum Gasteiger partial charge on any atom is 0.256 e. The van der Waals surface area contributed by atoms with E-state index in [1.807, 2.05) is 19.2 Å². The Morgan fingerprint density at radius 3 is 2.88 bits per heavy atom. The lowest BCUT2D eigenvalue weighted by molar-refractivity contribution is 0.0708. The van der Waals surface area contributed by atoms with Crippen molar-refractivity contribution in [3.8, 4) is 11.4 Å². The van der Waals surface area contributed by atoms with Gasteiger partial charge in [0, 0.05) is 44.5 Å². The molecule has 0 fully saturated rings. The summed E-state index contributed by atoms with van der Waals surface area (Å²) in [7, 11) is 1.87. The largest absolute Gasteiger partial charge is 0.377 e. The molecule has 0 saturated carbocycles. The molecule has 0 unspecified atom stereocenters. The van der Waals surface area contributed by atoms with Crippen LogP contribution in [0.25, 0.3) is 11.4 Å². The highest BCUT2D eigenvalue weighted by Gasteiger charge is 2.33. The Kier molecular flexibility index (Phi) is 6.62. The second kappa shape index (κ2) is 9.58. The van der Waals surface area contributed by atoms with Gasteiger partial charge in [-0.05, 0) is 42.2 Å². The van der Waals surface area contributed by atoms with Gasteiger partial charge in [-0.3, -0.25) is 14.5 Å². The van der Waals surface area contributed by atoms with Crippen molar-refractivity contribution in [1.29, 1.82) is 0 Å². The molecule has 0 aliphatic carbocycles. The van der Waals surface area contributed by atoms with E-state index in [1.165, 1.54) is 12.1 Å². The van der Waals surface area contributed by atoms with Gasteiger partial charge in [0.15, 0.2) is 0 Å². The molecule has 0 spiro atoms. The van der Waals surface area contributed by atoms with Crippen LogP contribution in [0.3, 0.4) is 0 Å². The summed E-state index contributed by atoms with van der Waals surface area (Å²) < 4.78 is 21.1. The average molecular weight is 438 g/mol. The van der Waals surface area contributed by atoms with Gasteiger partial charge in [-0.1, -0.05) is 19.1 Å². The first-order chi connectivity index (χ1) is 15.5. The number of carbonyl (C=O) groups excluding carboxylic acids is 1. The van der Waals surface area contributed by atoms with Gasteiger partial charge in [0.25, 0.3) is 5.91 Å². The Morgan fingerprint density at radius 1 is 1.28 bits per heavy atom. The summed E-state index contributed by atoms with van der Waals surface area (Å²) in [6.07, 6.45) is 4.87. The molecule has 32 heavy (non-hydrogen) atoms. The molecule has 0 radical (unpaired) electrons. The van der Waals surface area contributed by atoms with Crippen LogP contribution in [0.2, 0.25) is 0 Å². The van der Waals surface area contributed by atoms with Gasteiger partial charge in [0.1, 0.15) is 5.82 Å². The lowest BCUT2D eigenvalue weighted by Gasteiger charge is -2.26. The number of ether oxygens (including phenoxy) is 1. The number of halogens is 1. The Bertz CT molecular complexity index is 1110. The number of benzene rings is 1. The molecule has 3 heterocycles. The molecule has 1 aliphatic rings. The zero-order chi connectivity index (χ0) is 22.7. The van der Waals surface area contributed by atoms with Crippen molar-refractivity contribution in [2.45, 2.75) is 39.0 Å². The fourth-order valence-electron chi connectivity index (χ4n) is 4.16. The minimum absolute atomic E-state index is 0.0950. The predicted molar refractivity (Wildman–Crippen MR) is 119 cm³/mol. The minimum Gasteiger partial charge on any atom is -0.377 e. The lowest BCUT2D eigenvalue weighted by Crippen LogP contribution is -2.42. The number of aromatic nitrogens is 3. The molecular formula is C24H28FN5O2. The topological polar surface area (TPSA) is 86.3 Å². The van der Waals surface area contributed by atoms with Crippen molar-refractivity contribution in [2.24, 2.45) is 12.8 Å². The first kappa shape index (κ1) is 22.1. The van der Waals surface area contributed by atoms with Crippen LogP contribution in [-0.4, -0.2) is 44.8 Å². The summed E-state index contributed by atoms with van der Waals surface area (Å²) in [5.41, 5.74) is 10.9. The fourth-order valence-corrected chi connectivity index (χ4v) is 4.16. The van der Waals surface area contributed by atoms with Crippen molar-refractivity contribution >= 4 is 5.91 Å². The second-order valence-electron chi connectivity index (χ2n) is 8.08. The molecule has 3 aromatic rings. The maximum atomic E-state index is 13.6. The van der Waals surface area contributed by atoms with Gasteiger partial charge < -0.3 is 15.4 Å². The van der Waals surface area contributed by atoms with Crippen LogP contribution in [0, 0.1) is 5.82 Å².